The van der Waals surface area contributed by atoms with Crippen molar-refractivity contribution in [2.45, 2.75) is 164 Å². The zero-order valence-electron chi connectivity index (χ0n) is 43.7. The number of likely N-dealkylation sites (N-methyl/N-ethyl adjacent to an activating group) is 2. The number of carbonyl (C=O) groups excluding carboxylic acids is 6. The number of likely N-dealkylation sites (tertiary alicyclic amines) is 2. The molecule has 8 rings (SSSR count). The lowest BCUT2D eigenvalue weighted by Gasteiger charge is -2.36. The molecule has 0 aromatic heterocycles. The van der Waals surface area contributed by atoms with E-state index in [4.69, 9.17) is 20.9 Å². The molecule has 0 bridgehead atoms. The number of primary amides is 2. The van der Waals surface area contributed by atoms with Crippen LogP contribution in [0.15, 0.2) is 48.5 Å². The fourth-order valence-electron chi connectivity index (χ4n) is 13.5. The van der Waals surface area contributed by atoms with Gasteiger partial charge in [0, 0.05) is 24.9 Å². The number of fused-ring (bicyclic) bond motifs is 2. The molecule has 398 valence electrons. The largest absolute Gasteiger partial charge is 0.368 e. The van der Waals surface area contributed by atoms with Crippen molar-refractivity contribution in [1.29, 1.82) is 0 Å². The maximum absolute atomic E-state index is 14.6. The second-order valence-electron chi connectivity index (χ2n) is 21.6. The van der Waals surface area contributed by atoms with E-state index in [0.29, 0.717) is 38.8 Å². The summed E-state index contributed by atoms with van der Waals surface area (Å²) in [6.45, 7) is 4.39. The van der Waals surface area contributed by atoms with Gasteiger partial charge in [0.25, 0.3) is 0 Å². The average Bonchev–Trinajstić information content (AvgIpc) is 4.22. The molecule has 16 heteroatoms. The summed E-state index contributed by atoms with van der Waals surface area (Å²) < 4.78 is 13.0. The third kappa shape index (κ3) is 12.0. The minimum atomic E-state index is -0.874. The molecule has 2 unspecified atom stereocenters. The zero-order valence-corrected chi connectivity index (χ0v) is 43.7. The number of rotatable bonds is 18. The van der Waals surface area contributed by atoms with Gasteiger partial charge in [0.15, 0.2) is 0 Å². The Morgan fingerprint density at radius 3 is 1.32 bits per heavy atom. The van der Waals surface area contributed by atoms with Crippen molar-refractivity contribution in [1.82, 2.24) is 31.1 Å². The van der Waals surface area contributed by atoms with Gasteiger partial charge in [-0.1, -0.05) is 98.9 Å². The second kappa shape index (κ2) is 25.2. The predicted octanol–water partition coefficient (Wildman–Crippen LogP) is 3.19. The van der Waals surface area contributed by atoms with E-state index in [0.717, 1.165) is 86.5 Å². The summed E-state index contributed by atoms with van der Waals surface area (Å²) in [6, 6.07) is 12.0. The van der Waals surface area contributed by atoms with Crippen molar-refractivity contribution >= 4 is 35.4 Å². The summed E-state index contributed by atoms with van der Waals surface area (Å²) in [5, 5.41) is 12.0. The molecule has 16 nitrogen and oxygen atoms in total. The van der Waals surface area contributed by atoms with Crippen molar-refractivity contribution in [2.75, 3.05) is 40.4 Å². The Hall–Kier alpha value is -5.78. The normalized spacial score (nSPS) is 27.3. The molecule has 6 aliphatic rings. The first kappa shape index (κ1) is 54.5. The van der Waals surface area contributed by atoms with Crippen LogP contribution in [0.2, 0.25) is 0 Å². The summed E-state index contributed by atoms with van der Waals surface area (Å²) >= 11 is 0. The van der Waals surface area contributed by atoms with E-state index in [1.165, 1.54) is 0 Å². The molecule has 6 amide bonds. The summed E-state index contributed by atoms with van der Waals surface area (Å²) in [5.41, 5.74) is 16.8. The van der Waals surface area contributed by atoms with Crippen LogP contribution >= 0.6 is 0 Å². The number of hydrogen-bond acceptors (Lipinski definition) is 10. The van der Waals surface area contributed by atoms with Gasteiger partial charge in [-0.3, -0.25) is 28.8 Å². The van der Waals surface area contributed by atoms with Crippen LogP contribution in [-0.4, -0.2) is 134 Å². The Morgan fingerprint density at radius 2 is 0.959 bits per heavy atom. The van der Waals surface area contributed by atoms with Gasteiger partial charge in [-0.25, -0.2) is 0 Å². The SMILES string of the molecule is CN[C@@H](C)C(=O)N[C@H](C(=O)N1CCC([C@H]2c3ccccc3C[C@H]2OCC#CC#CCO[C@@H]2Cc3ccccc3[C@@H]2C2CCN(C(=O)[C@@H](NC(=O)[C@H](C)NC)C3CCCCC3)[C@@H]2C(N)=O)[C@H]1C(N)=O)C1CCCCC1. The number of nitrogens with zero attached hydrogens (tertiary/aromatic N) is 2. The molecule has 2 aromatic rings. The lowest BCUT2D eigenvalue weighted by molar-refractivity contribution is -0.143. The minimum absolute atomic E-state index is 0.0252. The molecule has 8 N–H and O–H groups in total. The fourth-order valence-corrected chi connectivity index (χ4v) is 13.5. The highest BCUT2D eigenvalue weighted by Crippen LogP contribution is 2.48. The Labute approximate surface area is 437 Å². The van der Waals surface area contributed by atoms with Crippen LogP contribution in [0.25, 0.3) is 0 Å². The first-order valence-corrected chi connectivity index (χ1v) is 27.3. The lowest BCUT2D eigenvalue weighted by Crippen LogP contribution is -2.58. The minimum Gasteiger partial charge on any atom is -0.368 e. The fraction of sp³-hybridized carbons (Fsp3) is 0.621. The highest BCUT2D eigenvalue weighted by Gasteiger charge is 2.53. The molecule has 74 heavy (non-hydrogen) atoms. The predicted molar refractivity (Wildman–Crippen MR) is 280 cm³/mol. The molecule has 4 fully saturated rings. The number of nitrogens with one attached hydrogen (secondary N) is 4. The van der Waals surface area contributed by atoms with Crippen LogP contribution in [0.5, 0.6) is 0 Å². The molecular formula is C58H78N8O8. The quantitative estimate of drug-likeness (QED) is 0.120. The number of ether oxygens (including phenoxy) is 2. The van der Waals surface area contributed by atoms with Gasteiger partial charge in [0.05, 0.1) is 24.3 Å². The molecule has 2 aromatic carbocycles. The summed E-state index contributed by atoms with van der Waals surface area (Å²) in [5.74, 6) is 8.72. The van der Waals surface area contributed by atoms with Crippen LogP contribution < -0.4 is 32.7 Å². The molecule has 0 radical (unpaired) electrons. The first-order chi connectivity index (χ1) is 35.8. The first-order valence-electron chi connectivity index (χ1n) is 27.3. The molecule has 0 spiro atoms. The molecular weight excluding hydrogens is 937 g/mol. The molecule has 2 saturated carbocycles. The van der Waals surface area contributed by atoms with Crippen molar-refractivity contribution in [3.63, 3.8) is 0 Å². The van der Waals surface area contributed by atoms with Gasteiger partial charge in [-0.05, 0) is 137 Å². The molecule has 2 aliphatic heterocycles. The van der Waals surface area contributed by atoms with E-state index < -0.39 is 48.1 Å². The van der Waals surface area contributed by atoms with Crippen LogP contribution in [0, 0.1) is 47.4 Å². The van der Waals surface area contributed by atoms with Crippen molar-refractivity contribution in [3.05, 3.63) is 70.8 Å². The highest BCUT2D eigenvalue weighted by atomic mass is 16.5. The molecule has 2 saturated heterocycles. The van der Waals surface area contributed by atoms with Crippen LogP contribution in [0.1, 0.15) is 125 Å². The smallest absolute Gasteiger partial charge is 0.246 e. The topological polar surface area (TPSA) is 228 Å². The number of nitrogens with two attached hydrogens (primary N) is 2. The number of amides is 6. The Morgan fingerprint density at radius 1 is 0.581 bits per heavy atom. The van der Waals surface area contributed by atoms with Gasteiger partial charge in [-0.15, -0.1) is 0 Å². The van der Waals surface area contributed by atoms with Crippen molar-refractivity contribution < 1.29 is 38.2 Å². The van der Waals surface area contributed by atoms with Gasteiger partial charge in [-0.2, -0.15) is 0 Å². The maximum atomic E-state index is 14.6. The summed E-state index contributed by atoms with van der Waals surface area (Å²) in [6.07, 6.45) is 11.1. The number of hydrogen-bond donors (Lipinski definition) is 6. The lowest BCUT2D eigenvalue weighted by atomic mass is 9.80. The number of benzene rings is 2. The Bertz CT molecular complexity index is 2320. The van der Waals surface area contributed by atoms with Crippen molar-refractivity contribution in [3.8, 4) is 23.7 Å². The van der Waals surface area contributed by atoms with E-state index in [1.54, 1.807) is 37.7 Å². The average molecular weight is 1020 g/mol. The van der Waals surface area contributed by atoms with Crippen LogP contribution in [0.4, 0.5) is 0 Å². The highest BCUT2D eigenvalue weighted by molar-refractivity contribution is 5.94. The third-order valence-corrected chi connectivity index (χ3v) is 17.4. The van der Waals surface area contributed by atoms with Gasteiger partial charge in [0.2, 0.25) is 35.4 Å². The summed E-state index contributed by atoms with van der Waals surface area (Å²) in [4.78, 5) is 85.8. The molecule has 2 heterocycles. The maximum Gasteiger partial charge on any atom is 0.246 e. The van der Waals surface area contributed by atoms with Gasteiger partial charge >= 0.3 is 0 Å². The Kier molecular flexibility index (Phi) is 18.5. The monoisotopic (exact) mass is 1010 g/mol. The van der Waals surface area contributed by atoms with Crippen molar-refractivity contribution in [2.24, 2.45) is 35.1 Å². The van der Waals surface area contributed by atoms with E-state index in [2.05, 4.69) is 69.2 Å². The third-order valence-electron chi connectivity index (χ3n) is 17.4. The van der Waals surface area contributed by atoms with E-state index in [1.807, 2.05) is 24.3 Å². The Balaban J connectivity index is 0.919. The molecule has 4 aliphatic carbocycles. The number of carbonyl (C=O) groups is 6. The van der Waals surface area contributed by atoms with Crippen LogP contribution in [0.3, 0.4) is 0 Å². The second-order valence-corrected chi connectivity index (χ2v) is 21.6. The van der Waals surface area contributed by atoms with Gasteiger partial charge in [0.1, 0.15) is 37.4 Å². The van der Waals surface area contributed by atoms with Crippen LogP contribution in [-0.2, 0) is 51.1 Å². The van der Waals surface area contributed by atoms with E-state index in [-0.39, 0.29) is 84.6 Å². The molecule has 12 atom stereocenters. The summed E-state index contributed by atoms with van der Waals surface area (Å²) in [7, 11) is 3.42. The standard InChI is InChI=1S/C58H78N8O8/c1-35(61-3)55(69)63-49(37-19-9-7-10-20-37)57(71)65-29-27-43(51(65)53(59)67)47-41-25-15-13-23-39(41)33-45(47)73-31-17-5-6-18-32-74-46-34-40-24-14-16-26-42(40)48(46)44-28-30-66(52(44)54(60)68)58(72)50(38-21-11-8-12-22-38)64-56(70)36(2)62-4/h13-16,23-26,35-38,43-52,61-62H,7-12,19-22,27-34H2,1-4H3,(H2,59,67)(H2,60,68)(H,63,69)(H,64,70)/t35-,36-,43?,44?,45+,46+,47+,48+,49-,50-,51-,52-/m0/s1. The van der Waals surface area contributed by atoms with Gasteiger partial charge < -0.3 is 52.0 Å². The van der Waals surface area contributed by atoms with E-state index >= 15 is 0 Å². The van der Waals surface area contributed by atoms with E-state index in [9.17, 15) is 28.8 Å². The zero-order chi connectivity index (χ0) is 52.5.